The summed E-state index contributed by atoms with van der Waals surface area (Å²) in [6, 6.07) is 3.78. The number of ether oxygens (including phenoxy) is 2. The Morgan fingerprint density at radius 1 is 1.04 bits per heavy atom. The van der Waals surface area contributed by atoms with Gasteiger partial charge in [-0.1, -0.05) is 36.7 Å². The van der Waals surface area contributed by atoms with Crippen molar-refractivity contribution in [3.05, 3.63) is 28.8 Å². The molecule has 0 aromatic heterocycles. The molecule has 7 nitrogen and oxygen atoms in total. The van der Waals surface area contributed by atoms with E-state index in [9.17, 15) is 26.8 Å². The molecule has 0 saturated carbocycles. The molecule has 1 unspecified atom stereocenters. The topological polar surface area (TPSA) is 107 Å². The third-order valence-corrected chi connectivity index (χ3v) is 4.67. The fraction of sp³-hybridized carbons (Fsp3) is 0.467. The van der Waals surface area contributed by atoms with Crippen LogP contribution in [0.15, 0.2) is 12.1 Å². The zero-order valence-corrected chi connectivity index (χ0v) is 16.7. The van der Waals surface area contributed by atoms with Crippen molar-refractivity contribution in [3.63, 3.8) is 0 Å². The molecule has 0 fully saturated rings. The van der Waals surface area contributed by atoms with Gasteiger partial charge in [0, 0.05) is 0 Å². The molecular weight excluding hydrogens is 395 g/mol. The molecule has 0 aliphatic rings. The number of carbonyl (C=O) groups excluding carboxylic acids is 2. The van der Waals surface area contributed by atoms with Crippen LogP contribution < -0.4 is 4.74 Å². The predicted molar refractivity (Wildman–Crippen MR) is 106 cm³/mol. The monoisotopic (exact) mass is 416 g/mol. The Labute approximate surface area is 165 Å². The summed E-state index contributed by atoms with van der Waals surface area (Å²) >= 11 is 0. The third kappa shape index (κ3) is 7.63. The van der Waals surface area contributed by atoms with Gasteiger partial charge in [0.1, 0.15) is 41.5 Å². The molecular formula is C15H21B3F2O7S. The van der Waals surface area contributed by atoms with Gasteiger partial charge in [-0.3, -0.25) is 14.1 Å². The summed E-state index contributed by atoms with van der Waals surface area (Å²) < 4.78 is 65.2. The molecule has 0 aliphatic heterocycles. The third-order valence-electron chi connectivity index (χ3n) is 3.92. The molecule has 0 bridgehead atoms. The van der Waals surface area contributed by atoms with Gasteiger partial charge in [-0.2, -0.15) is 8.42 Å². The molecule has 152 valence electrons. The fourth-order valence-corrected chi connectivity index (χ4v) is 3.16. The summed E-state index contributed by atoms with van der Waals surface area (Å²) in [6.07, 6.45) is -4.75. The van der Waals surface area contributed by atoms with Crippen molar-refractivity contribution in [2.45, 2.75) is 37.9 Å². The average molecular weight is 416 g/mol. The van der Waals surface area contributed by atoms with Gasteiger partial charge in [-0.05, 0) is 11.1 Å². The molecule has 1 aromatic rings. The highest BCUT2D eigenvalue weighted by Gasteiger charge is 2.30. The second kappa shape index (κ2) is 10.6. The van der Waals surface area contributed by atoms with Gasteiger partial charge < -0.3 is 9.47 Å². The van der Waals surface area contributed by atoms with Crippen molar-refractivity contribution in [1.29, 1.82) is 0 Å². The lowest BCUT2D eigenvalue weighted by Gasteiger charge is -2.17. The molecule has 0 heterocycles. The van der Waals surface area contributed by atoms with Crippen LogP contribution in [0.1, 0.15) is 23.1 Å². The lowest BCUT2D eigenvalue weighted by molar-refractivity contribution is -0.159. The van der Waals surface area contributed by atoms with Gasteiger partial charge in [0.2, 0.25) is 0 Å². The number of rotatable bonds is 10. The summed E-state index contributed by atoms with van der Waals surface area (Å²) in [5.74, 6) is -3.54. The van der Waals surface area contributed by atoms with E-state index in [1.54, 1.807) is 0 Å². The van der Waals surface area contributed by atoms with E-state index in [4.69, 9.17) is 9.29 Å². The molecule has 0 amide bonds. The lowest BCUT2D eigenvalue weighted by Crippen LogP contribution is -2.33. The van der Waals surface area contributed by atoms with Crippen molar-refractivity contribution in [1.82, 2.24) is 0 Å². The van der Waals surface area contributed by atoms with Crippen LogP contribution in [-0.2, 0) is 43.4 Å². The van der Waals surface area contributed by atoms with E-state index >= 15 is 0 Å². The van der Waals surface area contributed by atoms with Gasteiger partial charge in [0.15, 0.2) is 6.10 Å². The highest BCUT2D eigenvalue weighted by molar-refractivity contribution is 7.85. The highest BCUT2D eigenvalue weighted by atomic mass is 32.2. The van der Waals surface area contributed by atoms with E-state index in [1.807, 2.05) is 35.7 Å². The first-order valence-corrected chi connectivity index (χ1v) is 10.4. The Balaban J connectivity index is 2.87. The Morgan fingerprint density at radius 3 is 1.96 bits per heavy atom. The fourth-order valence-electron chi connectivity index (χ4n) is 2.53. The molecule has 0 radical (unpaired) electrons. The van der Waals surface area contributed by atoms with Gasteiger partial charge in [-0.25, -0.2) is 8.78 Å². The molecule has 13 heteroatoms. The largest absolute Gasteiger partial charge is 0.455 e. The minimum atomic E-state index is -4.79. The maximum atomic E-state index is 12.8. The molecule has 1 N–H and O–H groups in total. The molecule has 28 heavy (non-hydrogen) atoms. The Morgan fingerprint density at radius 2 is 1.57 bits per heavy atom. The summed E-state index contributed by atoms with van der Waals surface area (Å²) in [4.78, 5) is 23.8. The Hall–Kier alpha value is -1.88. The van der Waals surface area contributed by atoms with Crippen LogP contribution in [0.3, 0.4) is 0 Å². The Bertz CT molecular complexity index is 793. The second-order valence-corrected chi connectivity index (χ2v) is 7.56. The van der Waals surface area contributed by atoms with Crippen molar-refractivity contribution in [2.24, 2.45) is 0 Å². The number of esters is 2. The van der Waals surface area contributed by atoms with Gasteiger partial charge in [-0.15, -0.1) is 0 Å². The van der Waals surface area contributed by atoms with E-state index in [0.29, 0.717) is 18.4 Å². The number of benzene rings is 1. The summed E-state index contributed by atoms with van der Waals surface area (Å²) in [6.45, 7) is 0. The first kappa shape index (κ1) is 24.2. The normalized spacial score (nSPS) is 12.6. The summed E-state index contributed by atoms with van der Waals surface area (Å²) in [5.41, 5.74) is 2.61. The molecule has 0 spiro atoms. The first-order valence-electron chi connectivity index (χ1n) is 8.78. The minimum Gasteiger partial charge on any atom is -0.455 e. The minimum absolute atomic E-state index is 0.323. The molecule has 0 saturated heterocycles. The SMILES string of the molecule is BCc1cc(CB)c(OC(=O)CC(=O)OC(CS(=O)(=O)O)C(F)F)c(CB)c1. The van der Waals surface area contributed by atoms with Crippen molar-refractivity contribution in [3.8, 4) is 5.75 Å². The van der Waals surface area contributed by atoms with E-state index in [2.05, 4.69) is 4.74 Å². The van der Waals surface area contributed by atoms with Crippen molar-refractivity contribution >= 4 is 45.6 Å². The predicted octanol–water partition coefficient (Wildman–Crippen LogP) is -1.55. The maximum absolute atomic E-state index is 12.8. The summed E-state index contributed by atoms with van der Waals surface area (Å²) in [5, 5.41) is 0. The number of carbonyl (C=O) groups is 2. The van der Waals surface area contributed by atoms with Crippen LogP contribution in [0.2, 0.25) is 0 Å². The maximum Gasteiger partial charge on any atom is 0.322 e. The zero-order valence-electron chi connectivity index (χ0n) is 15.9. The number of halogens is 2. The van der Waals surface area contributed by atoms with Crippen LogP contribution in [0.25, 0.3) is 0 Å². The quantitative estimate of drug-likeness (QED) is 0.162. The molecule has 1 rings (SSSR count). The van der Waals surface area contributed by atoms with E-state index in [1.165, 1.54) is 0 Å². The van der Waals surface area contributed by atoms with E-state index < -0.39 is 46.8 Å². The zero-order chi connectivity index (χ0) is 21.5. The van der Waals surface area contributed by atoms with Gasteiger partial charge in [0.05, 0.1) is 0 Å². The standard InChI is InChI=1S/C15H21B3F2O7S/c16-4-8-1-9(5-17)14(10(2-8)6-18)27-13(22)3-12(21)26-11(15(19)20)7-28(23,24)25/h1-2,11,15H,3-7,16-18H2,(H,23,24,25). The van der Waals surface area contributed by atoms with Crippen LogP contribution in [0.5, 0.6) is 5.75 Å². The average Bonchev–Trinajstić information content (AvgIpc) is 2.59. The lowest BCUT2D eigenvalue weighted by atomic mass is 9.85. The van der Waals surface area contributed by atoms with Gasteiger partial charge in [0.25, 0.3) is 16.5 Å². The molecule has 0 aliphatic carbocycles. The molecule has 1 aromatic carbocycles. The number of hydrogen-bond acceptors (Lipinski definition) is 6. The highest BCUT2D eigenvalue weighted by Crippen LogP contribution is 2.27. The smallest absolute Gasteiger partial charge is 0.322 e. The van der Waals surface area contributed by atoms with Gasteiger partial charge >= 0.3 is 11.9 Å². The van der Waals surface area contributed by atoms with E-state index in [-0.39, 0.29) is 0 Å². The van der Waals surface area contributed by atoms with E-state index in [0.717, 1.165) is 23.0 Å². The van der Waals surface area contributed by atoms with Crippen LogP contribution in [-0.4, -0.2) is 66.7 Å². The van der Waals surface area contributed by atoms with Crippen molar-refractivity contribution < 1.29 is 40.8 Å². The summed E-state index contributed by atoms with van der Waals surface area (Å²) in [7, 11) is 0.954. The first-order chi connectivity index (χ1) is 13.0. The number of hydrogen-bond donors (Lipinski definition) is 1. The molecule has 1 atom stereocenters. The van der Waals surface area contributed by atoms with Crippen LogP contribution in [0, 0.1) is 0 Å². The Kier molecular flexibility index (Phi) is 9.16. The number of alkyl halides is 2. The van der Waals surface area contributed by atoms with Crippen molar-refractivity contribution in [2.75, 3.05) is 5.75 Å². The van der Waals surface area contributed by atoms with Crippen LogP contribution >= 0.6 is 0 Å². The second-order valence-electron chi connectivity index (χ2n) is 6.07. The van der Waals surface area contributed by atoms with Crippen LogP contribution in [0.4, 0.5) is 8.78 Å².